The minimum absolute atomic E-state index is 0.150. The molecule has 3 aliphatic rings. The second-order valence-corrected chi connectivity index (χ2v) is 8.81. The molecule has 3 rings (SSSR count). The molecule has 2 bridgehead atoms. The van der Waals surface area contributed by atoms with Gasteiger partial charge in [0, 0.05) is 16.9 Å². The van der Waals surface area contributed by atoms with Crippen LogP contribution in [0.15, 0.2) is 21.2 Å². The molecule has 0 aromatic rings. The van der Waals surface area contributed by atoms with Crippen LogP contribution in [0.5, 0.6) is 0 Å². The maximum Gasteiger partial charge on any atom is 0.167 e. The standard InChI is InChI=1S/C10H4Cl8/c11-3-1-2-4(5(3)12)9(16)7(14)6(13)8(2,15)10(9,17)18/h1-2,4-5H/t2-,4-,5-,8-,9?/m0/s1. The Hall–Kier alpha value is 1.80. The van der Waals surface area contributed by atoms with Gasteiger partial charge in [0.05, 0.1) is 15.4 Å². The highest BCUT2D eigenvalue weighted by Gasteiger charge is 2.83. The van der Waals surface area contributed by atoms with Gasteiger partial charge in [-0.2, -0.15) is 0 Å². The highest BCUT2D eigenvalue weighted by atomic mass is 35.5. The molecular weight excluding hydrogens is 404 g/mol. The fraction of sp³-hybridized carbons (Fsp3) is 0.600. The van der Waals surface area contributed by atoms with E-state index < -0.39 is 25.4 Å². The summed E-state index contributed by atoms with van der Waals surface area (Å²) in [4.78, 5) is -2.63. The van der Waals surface area contributed by atoms with Gasteiger partial charge in [0.15, 0.2) is 4.33 Å². The summed E-state index contributed by atoms with van der Waals surface area (Å²) in [6.45, 7) is 0. The van der Waals surface area contributed by atoms with Gasteiger partial charge in [-0.25, -0.2) is 0 Å². The van der Waals surface area contributed by atoms with E-state index >= 15 is 0 Å². The zero-order chi connectivity index (χ0) is 13.7. The third-order valence-electron chi connectivity index (χ3n) is 3.97. The van der Waals surface area contributed by atoms with E-state index in [9.17, 15) is 0 Å². The molecule has 1 unspecified atom stereocenters. The summed E-state index contributed by atoms with van der Waals surface area (Å²) < 4.78 is -1.55. The third-order valence-corrected chi connectivity index (χ3v) is 9.24. The first-order chi connectivity index (χ1) is 8.11. The van der Waals surface area contributed by atoms with E-state index in [-0.39, 0.29) is 16.0 Å². The minimum atomic E-state index is -1.55. The smallest absolute Gasteiger partial charge is 0.116 e. The maximum absolute atomic E-state index is 6.59. The normalized spacial score (nSPS) is 52.9. The lowest BCUT2D eigenvalue weighted by atomic mass is 9.84. The summed E-state index contributed by atoms with van der Waals surface area (Å²) >= 11 is 50.6. The molecule has 3 aliphatic carbocycles. The lowest BCUT2D eigenvalue weighted by Crippen LogP contribution is -2.46. The van der Waals surface area contributed by atoms with Crippen molar-refractivity contribution in [3.63, 3.8) is 0 Å². The van der Waals surface area contributed by atoms with Crippen LogP contribution in [0, 0.1) is 11.8 Å². The van der Waals surface area contributed by atoms with Gasteiger partial charge in [-0.05, 0) is 0 Å². The fourth-order valence-electron chi connectivity index (χ4n) is 3.10. The molecule has 1 saturated carbocycles. The topological polar surface area (TPSA) is 0 Å². The second-order valence-electron chi connectivity index (χ2n) is 4.63. The average Bonchev–Trinajstić information content (AvgIpc) is 2.69. The number of allylic oxidation sites excluding steroid dienone is 4. The van der Waals surface area contributed by atoms with Gasteiger partial charge in [0.1, 0.15) is 9.75 Å². The lowest BCUT2D eigenvalue weighted by molar-refractivity contribution is 0.419. The molecule has 100 valence electrons. The van der Waals surface area contributed by atoms with E-state index in [4.69, 9.17) is 92.8 Å². The van der Waals surface area contributed by atoms with Crippen LogP contribution in [0.3, 0.4) is 0 Å². The number of hydrogen-bond acceptors (Lipinski definition) is 0. The summed E-state index contributed by atoms with van der Waals surface area (Å²) in [7, 11) is 0. The molecule has 0 nitrogen and oxygen atoms in total. The Labute approximate surface area is 144 Å². The first kappa shape index (κ1) is 14.7. The van der Waals surface area contributed by atoms with E-state index in [0.717, 1.165) is 0 Å². The largest absolute Gasteiger partial charge is 0.167 e. The Morgan fingerprint density at radius 2 is 1.39 bits per heavy atom. The van der Waals surface area contributed by atoms with Crippen molar-refractivity contribution in [1.29, 1.82) is 0 Å². The van der Waals surface area contributed by atoms with E-state index in [2.05, 4.69) is 0 Å². The summed E-state index contributed by atoms with van der Waals surface area (Å²) in [5.74, 6) is -0.743. The fourth-order valence-corrected chi connectivity index (χ4v) is 6.86. The van der Waals surface area contributed by atoms with Crippen molar-refractivity contribution in [2.24, 2.45) is 11.8 Å². The number of alkyl halides is 5. The van der Waals surface area contributed by atoms with Crippen LogP contribution in [0.4, 0.5) is 0 Å². The maximum atomic E-state index is 6.59. The molecule has 18 heavy (non-hydrogen) atoms. The monoisotopic (exact) mass is 404 g/mol. The van der Waals surface area contributed by atoms with Crippen LogP contribution in [0.2, 0.25) is 0 Å². The van der Waals surface area contributed by atoms with E-state index in [1.165, 1.54) is 0 Å². The quantitative estimate of drug-likeness (QED) is 0.445. The van der Waals surface area contributed by atoms with Crippen molar-refractivity contribution in [3.05, 3.63) is 21.2 Å². The molecule has 0 aromatic heterocycles. The molecule has 5 atom stereocenters. The molecule has 1 fully saturated rings. The molecule has 0 radical (unpaired) electrons. The first-order valence-electron chi connectivity index (χ1n) is 4.95. The zero-order valence-electron chi connectivity index (χ0n) is 8.33. The number of fused-ring (bicyclic) bond motifs is 5. The zero-order valence-corrected chi connectivity index (χ0v) is 14.4. The molecule has 8 heteroatoms. The molecule has 0 spiro atoms. The van der Waals surface area contributed by atoms with Crippen LogP contribution < -0.4 is 0 Å². The Morgan fingerprint density at radius 1 is 0.889 bits per heavy atom. The third kappa shape index (κ3) is 1.23. The van der Waals surface area contributed by atoms with Crippen LogP contribution in [-0.4, -0.2) is 19.5 Å². The second kappa shape index (κ2) is 3.96. The average molecular weight is 408 g/mol. The molecule has 0 saturated heterocycles. The molecule has 0 aromatic carbocycles. The van der Waals surface area contributed by atoms with Crippen molar-refractivity contribution in [1.82, 2.24) is 0 Å². The molecule has 0 N–H and O–H groups in total. The molecule has 0 amide bonds. The molecule has 0 aliphatic heterocycles. The number of halogens is 8. The summed E-state index contributed by atoms with van der Waals surface area (Å²) in [6.07, 6.45) is 1.71. The highest BCUT2D eigenvalue weighted by Crippen LogP contribution is 2.78. The van der Waals surface area contributed by atoms with E-state index in [0.29, 0.717) is 5.03 Å². The predicted molar refractivity (Wildman–Crippen MR) is 80.9 cm³/mol. The van der Waals surface area contributed by atoms with Gasteiger partial charge in [-0.15, -0.1) is 34.8 Å². The van der Waals surface area contributed by atoms with E-state index in [1.807, 2.05) is 0 Å². The summed E-state index contributed by atoms with van der Waals surface area (Å²) in [6, 6.07) is 0. The van der Waals surface area contributed by atoms with Crippen molar-refractivity contribution in [3.8, 4) is 0 Å². The van der Waals surface area contributed by atoms with Crippen molar-refractivity contribution >= 4 is 92.8 Å². The van der Waals surface area contributed by atoms with E-state index in [1.54, 1.807) is 6.08 Å². The van der Waals surface area contributed by atoms with Crippen LogP contribution >= 0.6 is 92.8 Å². The van der Waals surface area contributed by atoms with Gasteiger partial charge < -0.3 is 0 Å². The summed E-state index contributed by atoms with van der Waals surface area (Å²) in [5.41, 5.74) is 0. The van der Waals surface area contributed by atoms with Gasteiger partial charge >= 0.3 is 0 Å². The van der Waals surface area contributed by atoms with Crippen LogP contribution in [0.25, 0.3) is 0 Å². The van der Waals surface area contributed by atoms with Gasteiger partial charge in [0.25, 0.3) is 0 Å². The van der Waals surface area contributed by atoms with Gasteiger partial charge in [-0.1, -0.05) is 64.1 Å². The number of rotatable bonds is 0. The first-order valence-corrected chi connectivity index (χ1v) is 8.03. The SMILES string of the molecule is ClC1=C[C@H]2[C@@H]([C@H]1Cl)C1(Cl)C(Cl)=C(Cl)[C@]2(Cl)C1(Cl)Cl. The highest BCUT2D eigenvalue weighted by molar-refractivity contribution is 6.66. The lowest BCUT2D eigenvalue weighted by Gasteiger charge is -2.34. The van der Waals surface area contributed by atoms with Crippen molar-refractivity contribution in [2.75, 3.05) is 0 Å². The number of hydrogen-bond donors (Lipinski definition) is 0. The minimum Gasteiger partial charge on any atom is -0.116 e. The molecular formula is C10H4Cl8. The predicted octanol–water partition coefficient (Wildman–Crippen LogP) is 5.81. The van der Waals surface area contributed by atoms with Crippen LogP contribution in [0.1, 0.15) is 0 Å². The Balaban J connectivity index is 2.31. The van der Waals surface area contributed by atoms with Crippen molar-refractivity contribution in [2.45, 2.75) is 19.5 Å². The van der Waals surface area contributed by atoms with Crippen molar-refractivity contribution < 1.29 is 0 Å². The Morgan fingerprint density at radius 3 is 1.94 bits per heavy atom. The van der Waals surface area contributed by atoms with Gasteiger partial charge in [0.2, 0.25) is 0 Å². The molecule has 0 heterocycles. The summed E-state index contributed by atoms with van der Waals surface area (Å²) in [5, 5.41) is 0.239. The van der Waals surface area contributed by atoms with Gasteiger partial charge in [-0.3, -0.25) is 0 Å². The Bertz CT molecular complexity index is 508. The Kier molecular flexibility index (Phi) is 3.24. The van der Waals surface area contributed by atoms with Crippen LogP contribution in [-0.2, 0) is 0 Å².